The first-order valence-electron chi connectivity index (χ1n) is 18.1. The predicted molar refractivity (Wildman–Crippen MR) is 217 cm³/mol. The van der Waals surface area contributed by atoms with E-state index in [2.05, 4.69) is 152 Å². The molecule has 7 aromatic carbocycles. The summed E-state index contributed by atoms with van der Waals surface area (Å²) in [5.74, 6) is 2.23. The van der Waals surface area contributed by atoms with Gasteiger partial charge in [0.05, 0.1) is 0 Å². The summed E-state index contributed by atoms with van der Waals surface area (Å²) in [4.78, 5) is 15.6. The van der Waals surface area contributed by atoms with E-state index in [-0.39, 0.29) is 0 Å². The van der Waals surface area contributed by atoms with Crippen LogP contribution in [0.1, 0.15) is 23.5 Å². The van der Waals surface area contributed by atoms with Crippen LogP contribution in [0.5, 0.6) is 0 Å². The van der Waals surface area contributed by atoms with Crippen molar-refractivity contribution < 1.29 is 4.42 Å². The number of rotatable bonds is 6. The zero-order valence-electron chi connectivity index (χ0n) is 28.9. The maximum absolute atomic E-state index is 6.44. The van der Waals surface area contributed by atoms with E-state index in [0.717, 1.165) is 61.6 Å². The van der Waals surface area contributed by atoms with Gasteiger partial charge in [0.1, 0.15) is 11.2 Å². The lowest BCUT2D eigenvalue weighted by Gasteiger charge is -2.17. The molecule has 53 heavy (non-hydrogen) atoms. The fourth-order valence-corrected chi connectivity index (χ4v) is 7.66. The molecule has 0 fully saturated rings. The van der Waals surface area contributed by atoms with Crippen LogP contribution in [0.2, 0.25) is 0 Å². The van der Waals surface area contributed by atoms with Gasteiger partial charge >= 0.3 is 0 Å². The molecule has 10 rings (SSSR count). The molecule has 2 heterocycles. The van der Waals surface area contributed by atoms with Gasteiger partial charge in [-0.05, 0) is 63.2 Å². The quantitative estimate of drug-likeness (QED) is 0.175. The minimum atomic E-state index is 0.398. The molecule has 1 unspecified atom stereocenters. The summed E-state index contributed by atoms with van der Waals surface area (Å²) in [6.45, 7) is 0. The Morgan fingerprint density at radius 3 is 1.89 bits per heavy atom. The summed E-state index contributed by atoms with van der Waals surface area (Å²) < 4.78 is 6.44. The Labute approximate surface area is 307 Å². The Morgan fingerprint density at radius 2 is 1.11 bits per heavy atom. The van der Waals surface area contributed by atoms with Gasteiger partial charge in [0.15, 0.2) is 17.5 Å². The zero-order valence-corrected chi connectivity index (χ0v) is 28.9. The highest BCUT2D eigenvalue weighted by Crippen LogP contribution is 2.44. The number of hydrogen-bond acceptors (Lipinski definition) is 4. The average molecular weight is 680 g/mol. The molecule has 1 aliphatic carbocycles. The van der Waals surface area contributed by atoms with Crippen molar-refractivity contribution in [3.63, 3.8) is 0 Å². The maximum Gasteiger partial charge on any atom is 0.165 e. The van der Waals surface area contributed by atoms with Crippen LogP contribution in [0, 0.1) is 0 Å². The topological polar surface area (TPSA) is 51.8 Å². The number of nitrogens with zero attached hydrogens (tertiary/aromatic N) is 3. The molecular weight excluding hydrogens is 647 g/mol. The lowest BCUT2D eigenvalue weighted by molar-refractivity contribution is 0.669. The lowest BCUT2D eigenvalue weighted by atomic mass is 9.88. The van der Waals surface area contributed by atoms with E-state index in [1.54, 1.807) is 0 Å². The number of furan rings is 1. The number of fused-ring (bicyclic) bond motifs is 4. The Bertz CT molecular complexity index is 2850. The summed E-state index contributed by atoms with van der Waals surface area (Å²) in [5.41, 5.74) is 10.3. The van der Waals surface area contributed by atoms with Crippen molar-refractivity contribution in [2.75, 3.05) is 0 Å². The lowest BCUT2D eigenvalue weighted by Crippen LogP contribution is -2.02. The average Bonchev–Trinajstić information content (AvgIpc) is 3.63. The molecule has 0 N–H and O–H groups in total. The van der Waals surface area contributed by atoms with Crippen LogP contribution >= 0.6 is 0 Å². The molecular formula is C49H33N3O. The molecule has 0 radical (unpaired) electrons. The van der Waals surface area contributed by atoms with Gasteiger partial charge in [-0.3, -0.25) is 0 Å². The van der Waals surface area contributed by atoms with Gasteiger partial charge in [-0.15, -0.1) is 0 Å². The van der Waals surface area contributed by atoms with Crippen molar-refractivity contribution in [2.45, 2.75) is 12.3 Å². The highest BCUT2D eigenvalue weighted by atomic mass is 16.3. The minimum absolute atomic E-state index is 0.398. The molecule has 0 spiro atoms. The fraction of sp³-hybridized carbons (Fsp3) is 0.0408. The molecule has 250 valence electrons. The maximum atomic E-state index is 6.44. The Kier molecular flexibility index (Phi) is 7.58. The van der Waals surface area contributed by atoms with Gasteiger partial charge < -0.3 is 4.42 Å². The second kappa shape index (κ2) is 13.0. The van der Waals surface area contributed by atoms with E-state index < -0.39 is 0 Å². The molecule has 4 nitrogen and oxygen atoms in total. The number of para-hydroxylation sites is 1. The largest absolute Gasteiger partial charge is 0.456 e. The van der Waals surface area contributed by atoms with Crippen LogP contribution in [-0.4, -0.2) is 15.0 Å². The highest BCUT2D eigenvalue weighted by molar-refractivity contribution is 6.16. The summed E-state index contributed by atoms with van der Waals surface area (Å²) in [7, 11) is 0. The van der Waals surface area contributed by atoms with Crippen molar-refractivity contribution in [1.82, 2.24) is 15.0 Å². The third kappa shape index (κ3) is 5.62. The van der Waals surface area contributed by atoms with E-state index >= 15 is 0 Å². The van der Waals surface area contributed by atoms with Crippen LogP contribution < -0.4 is 0 Å². The van der Waals surface area contributed by atoms with Crippen molar-refractivity contribution >= 4 is 38.3 Å². The number of aromatic nitrogens is 3. The number of allylic oxidation sites excluding steroid dienone is 4. The molecule has 2 aromatic heterocycles. The summed E-state index contributed by atoms with van der Waals surface area (Å²) >= 11 is 0. The smallest absolute Gasteiger partial charge is 0.165 e. The molecule has 0 saturated carbocycles. The van der Waals surface area contributed by atoms with Crippen molar-refractivity contribution in [3.05, 3.63) is 193 Å². The van der Waals surface area contributed by atoms with Crippen LogP contribution in [0.25, 0.3) is 83.6 Å². The van der Waals surface area contributed by atoms with E-state index in [1.165, 1.54) is 22.1 Å². The Morgan fingerprint density at radius 1 is 0.472 bits per heavy atom. The molecule has 1 atom stereocenters. The second-order valence-corrected chi connectivity index (χ2v) is 13.5. The van der Waals surface area contributed by atoms with E-state index in [9.17, 15) is 0 Å². The van der Waals surface area contributed by atoms with Crippen molar-refractivity contribution in [1.29, 1.82) is 0 Å². The fourth-order valence-electron chi connectivity index (χ4n) is 7.66. The standard InChI is InChI=1S/C49H33N3O/c1-3-12-32(13-4-1)33-22-24-34(25-23-33)35-26-28-38(29-27-35)48-50-47(37-15-5-2-6-16-37)51-49(52-48)46-41(40-20-11-17-36-14-7-8-18-39(36)40)30-31-44-45(46)42-19-9-10-21-43(42)53-44/h1-22,24-31,33H,23H2. The molecule has 4 heteroatoms. The summed E-state index contributed by atoms with van der Waals surface area (Å²) in [5, 5.41) is 4.35. The van der Waals surface area contributed by atoms with Gasteiger partial charge in [-0.25, -0.2) is 15.0 Å². The Hall–Kier alpha value is -6.91. The van der Waals surface area contributed by atoms with Gasteiger partial charge in [-0.1, -0.05) is 164 Å². The van der Waals surface area contributed by atoms with Gasteiger partial charge in [0.2, 0.25) is 0 Å². The number of hydrogen-bond donors (Lipinski definition) is 0. The Balaban J connectivity index is 1.14. The molecule has 0 bridgehead atoms. The highest BCUT2D eigenvalue weighted by Gasteiger charge is 2.23. The summed E-state index contributed by atoms with van der Waals surface area (Å²) in [6, 6.07) is 56.9. The predicted octanol–water partition coefficient (Wildman–Crippen LogP) is 12.7. The third-order valence-corrected chi connectivity index (χ3v) is 10.3. The minimum Gasteiger partial charge on any atom is -0.456 e. The molecule has 0 aliphatic heterocycles. The molecule has 0 amide bonds. The first kappa shape index (κ1) is 30.9. The summed E-state index contributed by atoms with van der Waals surface area (Å²) in [6.07, 6.45) is 7.88. The van der Waals surface area contributed by atoms with Gasteiger partial charge in [-0.2, -0.15) is 0 Å². The van der Waals surface area contributed by atoms with Gasteiger partial charge in [0.25, 0.3) is 0 Å². The monoisotopic (exact) mass is 679 g/mol. The van der Waals surface area contributed by atoms with Crippen LogP contribution in [-0.2, 0) is 0 Å². The first-order chi connectivity index (χ1) is 26.3. The van der Waals surface area contributed by atoms with Crippen molar-refractivity contribution in [3.8, 4) is 45.3 Å². The zero-order chi connectivity index (χ0) is 35.1. The molecule has 0 saturated heterocycles. The first-order valence-corrected chi connectivity index (χ1v) is 18.1. The normalized spacial score (nSPS) is 14.2. The van der Waals surface area contributed by atoms with E-state index in [0.29, 0.717) is 23.4 Å². The van der Waals surface area contributed by atoms with E-state index in [1.807, 2.05) is 30.3 Å². The van der Waals surface area contributed by atoms with E-state index in [4.69, 9.17) is 19.4 Å². The molecule has 1 aliphatic rings. The van der Waals surface area contributed by atoms with Crippen LogP contribution in [0.3, 0.4) is 0 Å². The SMILES string of the molecule is C1=CC(c2ccccc2)CC=C1c1ccc(-c2nc(-c3ccccc3)nc(-c3c(-c4cccc5ccccc45)ccc4oc5ccccc5c34)n2)cc1. The third-order valence-electron chi connectivity index (χ3n) is 10.3. The van der Waals surface area contributed by atoms with Crippen molar-refractivity contribution in [2.24, 2.45) is 0 Å². The van der Waals surface area contributed by atoms with Gasteiger partial charge in [0, 0.05) is 33.4 Å². The number of benzene rings is 7. The van der Waals surface area contributed by atoms with Crippen LogP contribution in [0.15, 0.2) is 186 Å². The van der Waals surface area contributed by atoms with Crippen LogP contribution in [0.4, 0.5) is 0 Å². The molecule has 9 aromatic rings. The second-order valence-electron chi connectivity index (χ2n) is 13.5.